The van der Waals surface area contributed by atoms with Crippen LogP contribution in [0.25, 0.3) is 0 Å². The first-order valence-corrected chi connectivity index (χ1v) is 9.29. The monoisotopic (exact) mass is 352 g/mol. The number of hydrogen-bond donors (Lipinski definition) is 0. The van der Waals surface area contributed by atoms with Crippen LogP contribution < -0.4 is 0 Å². The van der Waals surface area contributed by atoms with Crippen molar-refractivity contribution in [2.45, 2.75) is 25.5 Å². The van der Waals surface area contributed by atoms with E-state index in [1.807, 2.05) is 0 Å². The molecule has 1 rings (SSSR count). The molecule has 102 valence electrons. The Balaban J connectivity index is 2.66. The first kappa shape index (κ1) is 16.0. The average molecular weight is 354 g/mol. The summed E-state index contributed by atoms with van der Waals surface area (Å²) in [5.41, 5.74) is 0.796. The Hall–Kier alpha value is -0.0600. The van der Waals surface area contributed by atoms with Gasteiger partial charge in [0.15, 0.2) is 9.84 Å². The molecule has 2 nitrogen and oxygen atoms in total. The van der Waals surface area contributed by atoms with Gasteiger partial charge < -0.3 is 0 Å². The number of sulfone groups is 1. The van der Waals surface area contributed by atoms with E-state index in [2.05, 4.69) is 22.9 Å². The quantitative estimate of drug-likeness (QED) is 0.693. The second kappa shape index (κ2) is 7.51. The molecule has 5 heteroatoms. The normalized spacial score (nSPS) is 13.5. The Bertz CT molecular complexity index is 456. The predicted molar refractivity (Wildman–Crippen MR) is 81.1 cm³/mol. The van der Waals surface area contributed by atoms with Gasteiger partial charge in [-0.2, -0.15) is 0 Å². The molecule has 0 saturated heterocycles. The second-order valence-corrected chi connectivity index (χ2v) is 7.68. The maximum Gasteiger partial charge on any atom is 0.154 e. The molecule has 18 heavy (non-hydrogen) atoms. The Kier molecular flexibility index (Phi) is 6.67. The fourth-order valence-corrected chi connectivity index (χ4v) is 4.67. The first-order chi connectivity index (χ1) is 8.46. The van der Waals surface area contributed by atoms with Crippen molar-refractivity contribution in [1.82, 2.24) is 0 Å². The Morgan fingerprint density at radius 2 is 1.89 bits per heavy atom. The summed E-state index contributed by atoms with van der Waals surface area (Å²) in [7, 11) is -3.05. The van der Waals surface area contributed by atoms with Gasteiger partial charge in [0.25, 0.3) is 0 Å². The van der Waals surface area contributed by atoms with Gasteiger partial charge in [-0.05, 0) is 30.0 Å². The third kappa shape index (κ3) is 5.72. The molecular formula is C13H18BrClO2S. The van der Waals surface area contributed by atoms with E-state index >= 15 is 0 Å². The topological polar surface area (TPSA) is 34.1 Å². The molecular weight excluding hydrogens is 336 g/mol. The van der Waals surface area contributed by atoms with Crippen molar-refractivity contribution in [3.63, 3.8) is 0 Å². The van der Waals surface area contributed by atoms with E-state index in [-0.39, 0.29) is 17.4 Å². The third-order valence-electron chi connectivity index (χ3n) is 2.70. The molecule has 0 fully saturated rings. The molecule has 0 aliphatic heterocycles. The zero-order valence-electron chi connectivity index (χ0n) is 10.4. The highest BCUT2D eigenvalue weighted by atomic mass is 79.9. The molecule has 0 saturated carbocycles. The highest BCUT2D eigenvalue weighted by Gasteiger charge is 2.18. The van der Waals surface area contributed by atoms with Gasteiger partial charge in [-0.1, -0.05) is 53.0 Å². The Morgan fingerprint density at radius 1 is 1.28 bits per heavy atom. The Labute approximate surface area is 123 Å². The van der Waals surface area contributed by atoms with Gasteiger partial charge in [0.2, 0.25) is 0 Å². The van der Waals surface area contributed by atoms with E-state index in [0.717, 1.165) is 23.7 Å². The summed E-state index contributed by atoms with van der Waals surface area (Å²) in [5.74, 6) is 0.541. The molecule has 0 amide bonds. The minimum absolute atomic E-state index is 0.0946. The van der Waals surface area contributed by atoms with Crippen molar-refractivity contribution in [3.8, 4) is 0 Å². The van der Waals surface area contributed by atoms with Crippen LogP contribution in [0.2, 0.25) is 5.02 Å². The molecule has 1 aromatic carbocycles. The molecule has 1 unspecified atom stereocenters. The highest BCUT2D eigenvalue weighted by molar-refractivity contribution is 9.09. The number of alkyl halides is 1. The van der Waals surface area contributed by atoms with Crippen LogP contribution in [-0.2, 0) is 15.6 Å². The first-order valence-electron chi connectivity index (χ1n) is 5.97. The lowest BCUT2D eigenvalue weighted by molar-refractivity contribution is 0.551. The summed E-state index contributed by atoms with van der Waals surface area (Å²) in [6, 6.07) is 6.98. The summed E-state index contributed by atoms with van der Waals surface area (Å²) in [5, 5.41) is 1.36. The standard InChI is InChI=1S/C13H18BrClO2S/c1-2-3-12(8-14)10-18(16,17)9-11-4-6-13(15)7-5-11/h4-7,12H,2-3,8-10H2,1H3. The number of rotatable bonds is 7. The molecule has 0 aromatic heterocycles. The van der Waals surface area contributed by atoms with Crippen LogP contribution in [0.4, 0.5) is 0 Å². The van der Waals surface area contributed by atoms with Gasteiger partial charge in [-0.25, -0.2) is 8.42 Å². The lowest BCUT2D eigenvalue weighted by atomic mass is 10.1. The predicted octanol–water partition coefficient (Wildman–Crippen LogP) is 4.07. The zero-order chi connectivity index (χ0) is 13.6. The highest BCUT2D eigenvalue weighted by Crippen LogP contribution is 2.17. The van der Waals surface area contributed by atoms with Gasteiger partial charge >= 0.3 is 0 Å². The second-order valence-electron chi connectivity index (χ2n) is 4.49. The fourth-order valence-electron chi connectivity index (χ4n) is 1.87. The van der Waals surface area contributed by atoms with E-state index in [0.29, 0.717) is 5.02 Å². The maximum atomic E-state index is 12.1. The summed E-state index contributed by atoms with van der Waals surface area (Å²) < 4.78 is 24.2. The summed E-state index contributed by atoms with van der Waals surface area (Å²) in [6.45, 7) is 2.07. The fraction of sp³-hybridized carbons (Fsp3) is 0.538. The molecule has 0 heterocycles. The number of hydrogen-bond acceptors (Lipinski definition) is 2. The van der Waals surface area contributed by atoms with Crippen molar-refractivity contribution in [1.29, 1.82) is 0 Å². The van der Waals surface area contributed by atoms with Crippen molar-refractivity contribution in [2.75, 3.05) is 11.1 Å². The maximum absolute atomic E-state index is 12.1. The smallest absolute Gasteiger partial charge is 0.154 e. The van der Waals surface area contributed by atoms with Gasteiger partial charge in [-0.15, -0.1) is 0 Å². The molecule has 0 bridgehead atoms. The molecule has 0 spiro atoms. The SMILES string of the molecule is CCCC(CBr)CS(=O)(=O)Cc1ccc(Cl)cc1. The largest absolute Gasteiger partial charge is 0.228 e. The van der Waals surface area contributed by atoms with Gasteiger partial charge in [0.05, 0.1) is 11.5 Å². The van der Waals surface area contributed by atoms with Gasteiger partial charge in [0, 0.05) is 10.4 Å². The van der Waals surface area contributed by atoms with E-state index in [4.69, 9.17) is 11.6 Å². The van der Waals surface area contributed by atoms with Gasteiger partial charge in [0.1, 0.15) is 0 Å². The minimum atomic E-state index is -3.05. The van der Waals surface area contributed by atoms with Crippen LogP contribution in [-0.4, -0.2) is 19.5 Å². The van der Waals surface area contributed by atoms with Crippen molar-refractivity contribution in [2.24, 2.45) is 5.92 Å². The van der Waals surface area contributed by atoms with Gasteiger partial charge in [-0.3, -0.25) is 0 Å². The van der Waals surface area contributed by atoms with Crippen molar-refractivity contribution < 1.29 is 8.42 Å². The Morgan fingerprint density at radius 3 is 2.39 bits per heavy atom. The lowest BCUT2D eigenvalue weighted by Crippen LogP contribution is -2.19. The van der Waals surface area contributed by atoms with E-state index in [9.17, 15) is 8.42 Å². The van der Waals surface area contributed by atoms with E-state index < -0.39 is 9.84 Å². The molecule has 0 radical (unpaired) electrons. The van der Waals surface area contributed by atoms with E-state index in [1.54, 1.807) is 24.3 Å². The molecule has 1 atom stereocenters. The third-order valence-corrected chi connectivity index (χ3v) is 5.62. The van der Waals surface area contributed by atoms with Crippen LogP contribution in [0.5, 0.6) is 0 Å². The minimum Gasteiger partial charge on any atom is -0.228 e. The number of halogens is 2. The van der Waals surface area contributed by atoms with Crippen molar-refractivity contribution >= 4 is 37.4 Å². The average Bonchev–Trinajstić information content (AvgIpc) is 2.31. The number of benzene rings is 1. The van der Waals surface area contributed by atoms with Crippen LogP contribution >= 0.6 is 27.5 Å². The summed E-state index contributed by atoms with van der Waals surface area (Å²) in [6.07, 6.45) is 1.94. The summed E-state index contributed by atoms with van der Waals surface area (Å²) >= 11 is 9.16. The van der Waals surface area contributed by atoms with E-state index in [1.165, 1.54) is 0 Å². The van der Waals surface area contributed by atoms with Crippen LogP contribution in [0.1, 0.15) is 25.3 Å². The van der Waals surface area contributed by atoms with Crippen molar-refractivity contribution in [3.05, 3.63) is 34.9 Å². The molecule has 1 aromatic rings. The zero-order valence-corrected chi connectivity index (χ0v) is 13.6. The molecule has 0 N–H and O–H groups in total. The lowest BCUT2D eigenvalue weighted by Gasteiger charge is -2.13. The van der Waals surface area contributed by atoms with Crippen LogP contribution in [0.15, 0.2) is 24.3 Å². The van der Waals surface area contributed by atoms with Crippen LogP contribution in [0, 0.1) is 5.92 Å². The molecule has 0 aliphatic carbocycles. The summed E-state index contributed by atoms with van der Waals surface area (Å²) in [4.78, 5) is 0. The molecule has 0 aliphatic rings. The van der Waals surface area contributed by atoms with Crippen LogP contribution in [0.3, 0.4) is 0 Å².